The topological polar surface area (TPSA) is 87.2 Å². The van der Waals surface area contributed by atoms with Gasteiger partial charge in [-0.05, 0) is 12.5 Å². The zero-order valence-electron chi connectivity index (χ0n) is 19.9. The number of nitrogens with one attached hydrogen (secondary N) is 2. The Morgan fingerprint density at radius 1 is 0.903 bits per heavy atom. The first-order chi connectivity index (χ1) is 15.2. The molecule has 0 spiro atoms. The van der Waals surface area contributed by atoms with Gasteiger partial charge in [-0.1, -0.05) is 103 Å². The molecular formula is C25H47N3O3. The van der Waals surface area contributed by atoms with E-state index in [1.54, 1.807) is 6.07 Å². The Labute approximate surface area is 189 Å². The molecule has 0 saturated heterocycles. The molecule has 1 rings (SSSR count). The van der Waals surface area contributed by atoms with Gasteiger partial charge in [-0.15, -0.1) is 0 Å². The molecule has 6 heteroatoms. The number of ether oxygens (including phenoxy) is 1. The van der Waals surface area contributed by atoms with Crippen LogP contribution in [0.5, 0.6) is 0 Å². The van der Waals surface area contributed by atoms with Crippen molar-refractivity contribution in [2.45, 2.75) is 116 Å². The van der Waals surface area contributed by atoms with E-state index in [-0.39, 0.29) is 0 Å². The number of aliphatic hydroxyl groups is 1. The molecule has 1 atom stereocenters. The van der Waals surface area contributed by atoms with Crippen LogP contribution < -0.4 is 11.0 Å². The fourth-order valence-corrected chi connectivity index (χ4v) is 3.73. The summed E-state index contributed by atoms with van der Waals surface area (Å²) in [7, 11) is 0. The summed E-state index contributed by atoms with van der Waals surface area (Å²) in [6.07, 6.45) is 22.6. The van der Waals surface area contributed by atoms with Gasteiger partial charge in [0.2, 0.25) is 0 Å². The number of nitrogens with zero attached hydrogens (tertiary/aromatic N) is 1. The summed E-state index contributed by atoms with van der Waals surface area (Å²) in [5.74, 6) is 0.553. The van der Waals surface area contributed by atoms with E-state index in [9.17, 15) is 9.90 Å². The second kappa shape index (κ2) is 20.5. The van der Waals surface area contributed by atoms with E-state index in [1.165, 1.54) is 103 Å². The van der Waals surface area contributed by atoms with Gasteiger partial charge in [0, 0.05) is 19.3 Å². The Bertz CT molecular complexity index is 565. The number of anilines is 1. The van der Waals surface area contributed by atoms with Crippen LogP contribution in [-0.2, 0) is 4.74 Å². The Morgan fingerprint density at radius 2 is 1.42 bits per heavy atom. The largest absolute Gasteiger partial charge is 0.389 e. The minimum absolute atomic E-state index is 0.307. The third-order valence-electron chi connectivity index (χ3n) is 5.66. The standard InChI is InChI=1S/C25H47N3O3/c1-2-3-4-5-6-7-8-9-10-11-12-13-14-15-16-17-20-31-22-23(29)21-27-24-18-19-26-25(30)28-24/h18-19,23,29H,2-17,20-22H2,1H3,(H2,26,27,28,30). The molecule has 0 aliphatic rings. The van der Waals surface area contributed by atoms with Gasteiger partial charge in [0.1, 0.15) is 5.82 Å². The number of hydrogen-bond donors (Lipinski definition) is 3. The Morgan fingerprint density at radius 3 is 1.94 bits per heavy atom. The molecule has 0 aromatic carbocycles. The number of aliphatic hydroxyl groups excluding tert-OH is 1. The molecule has 0 aliphatic heterocycles. The number of aromatic nitrogens is 2. The van der Waals surface area contributed by atoms with Gasteiger partial charge in [-0.25, -0.2) is 9.78 Å². The molecule has 0 radical (unpaired) electrons. The molecule has 0 fully saturated rings. The molecule has 0 aliphatic carbocycles. The second-order valence-corrected chi connectivity index (χ2v) is 8.70. The van der Waals surface area contributed by atoms with Crippen LogP contribution in [0.1, 0.15) is 110 Å². The molecule has 0 amide bonds. The van der Waals surface area contributed by atoms with E-state index in [4.69, 9.17) is 4.74 Å². The molecule has 1 heterocycles. The van der Waals surface area contributed by atoms with Crippen molar-refractivity contribution in [3.05, 3.63) is 22.7 Å². The highest BCUT2D eigenvalue weighted by Crippen LogP contribution is 2.13. The fourth-order valence-electron chi connectivity index (χ4n) is 3.73. The highest BCUT2D eigenvalue weighted by molar-refractivity contribution is 5.31. The molecule has 180 valence electrons. The molecule has 3 N–H and O–H groups in total. The van der Waals surface area contributed by atoms with E-state index < -0.39 is 11.8 Å². The molecule has 31 heavy (non-hydrogen) atoms. The van der Waals surface area contributed by atoms with Crippen molar-refractivity contribution in [3.63, 3.8) is 0 Å². The average Bonchev–Trinajstić information content (AvgIpc) is 2.77. The summed E-state index contributed by atoms with van der Waals surface area (Å²) >= 11 is 0. The van der Waals surface area contributed by atoms with E-state index in [0.29, 0.717) is 25.6 Å². The van der Waals surface area contributed by atoms with E-state index in [1.807, 2.05) is 0 Å². The Balaban J connectivity index is 1.76. The smallest absolute Gasteiger partial charge is 0.346 e. The lowest BCUT2D eigenvalue weighted by molar-refractivity contribution is 0.0416. The van der Waals surface area contributed by atoms with Crippen molar-refractivity contribution in [1.82, 2.24) is 9.97 Å². The minimum atomic E-state index is -0.599. The van der Waals surface area contributed by atoms with Crippen molar-refractivity contribution in [2.24, 2.45) is 0 Å². The summed E-state index contributed by atoms with van der Waals surface area (Å²) in [6.45, 7) is 3.61. The minimum Gasteiger partial charge on any atom is -0.389 e. The van der Waals surface area contributed by atoms with Crippen molar-refractivity contribution < 1.29 is 9.84 Å². The zero-order chi connectivity index (χ0) is 22.4. The highest BCUT2D eigenvalue weighted by Gasteiger charge is 2.04. The van der Waals surface area contributed by atoms with Gasteiger partial charge in [0.25, 0.3) is 0 Å². The van der Waals surface area contributed by atoms with Crippen molar-refractivity contribution in [2.75, 3.05) is 25.1 Å². The Kier molecular flexibility index (Phi) is 18.3. The van der Waals surface area contributed by atoms with Crippen molar-refractivity contribution >= 4 is 5.82 Å². The van der Waals surface area contributed by atoms with Gasteiger partial charge >= 0.3 is 5.69 Å². The van der Waals surface area contributed by atoms with Gasteiger partial charge in [-0.2, -0.15) is 0 Å². The van der Waals surface area contributed by atoms with Crippen LogP contribution in [0, 0.1) is 0 Å². The molecule has 1 unspecified atom stereocenters. The highest BCUT2D eigenvalue weighted by atomic mass is 16.5. The predicted octanol–water partition coefficient (Wildman–Crippen LogP) is 5.82. The lowest BCUT2D eigenvalue weighted by Gasteiger charge is -2.12. The second-order valence-electron chi connectivity index (χ2n) is 8.70. The van der Waals surface area contributed by atoms with E-state index in [0.717, 1.165) is 6.42 Å². The first kappa shape index (κ1) is 27.6. The lowest BCUT2D eigenvalue weighted by Crippen LogP contribution is -2.26. The van der Waals surface area contributed by atoms with Crippen molar-refractivity contribution in [3.8, 4) is 0 Å². The summed E-state index contributed by atoms with van der Waals surface area (Å²) in [4.78, 5) is 17.2. The van der Waals surface area contributed by atoms with Crippen LogP contribution in [-0.4, -0.2) is 40.9 Å². The van der Waals surface area contributed by atoms with Gasteiger partial charge < -0.3 is 15.2 Å². The summed E-state index contributed by atoms with van der Waals surface area (Å²) < 4.78 is 5.55. The molecule has 6 nitrogen and oxygen atoms in total. The third-order valence-corrected chi connectivity index (χ3v) is 5.66. The first-order valence-electron chi connectivity index (χ1n) is 12.8. The number of unbranched alkanes of at least 4 members (excludes halogenated alkanes) is 15. The number of H-pyrrole nitrogens is 1. The average molecular weight is 438 g/mol. The molecular weight excluding hydrogens is 390 g/mol. The normalized spacial score (nSPS) is 12.2. The molecule has 1 aromatic heterocycles. The summed E-state index contributed by atoms with van der Waals surface area (Å²) in [5.41, 5.74) is -0.403. The fraction of sp³-hybridized carbons (Fsp3) is 0.840. The first-order valence-corrected chi connectivity index (χ1v) is 12.8. The molecule has 0 bridgehead atoms. The quantitative estimate of drug-likeness (QED) is 0.199. The van der Waals surface area contributed by atoms with E-state index >= 15 is 0 Å². The Hall–Kier alpha value is -1.40. The SMILES string of the molecule is CCCCCCCCCCCCCCCCCCOCC(O)CNc1ccnc(=O)[nH]1. The van der Waals surface area contributed by atoms with Crippen LogP contribution in [0.3, 0.4) is 0 Å². The molecule has 1 aromatic rings. The number of aromatic amines is 1. The van der Waals surface area contributed by atoms with Gasteiger partial charge in [0.05, 0.1) is 12.7 Å². The maximum Gasteiger partial charge on any atom is 0.346 e. The molecule has 0 saturated carbocycles. The number of rotatable bonds is 22. The monoisotopic (exact) mass is 437 g/mol. The van der Waals surface area contributed by atoms with Crippen LogP contribution in [0.25, 0.3) is 0 Å². The summed E-state index contributed by atoms with van der Waals surface area (Å²) in [5, 5.41) is 12.9. The maximum absolute atomic E-state index is 11.1. The van der Waals surface area contributed by atoms with Gasteiger partial charge in [0.15, 0.2) is 0 Å². The predicted molar refractivity (Wildman–Crippen MR) is 130 cm³/mol. The summed E-state index contributed by atoms with van der Waals surface area (Å²) in [6, 6.07) is 1.66. The third kappa shape index (κ3) is 17.9. The van der Waals surface area contributed by atoms with E-state index in [2.05, 4.69) is 22.2 Å². The van der Waals surface area contributed by atoms with Gasteiger partial charge in [-0.3, -0.25) is 4.98 Å². The van der Waals surface area contributed by atoms with Crippen LogP contribution in [0.15, 0.2) is 17.1 Å². The van der Waals surface area contributed by atoms with Crippen molar-refractivity contribution in [1.29, 1.82) is 0 Å². The lowest BCUT2D eigenvalue weighted by atomic mass is 10.0. The van der Waals surface area contributed by atoms with Crippen LogP contribution >= 0.6 is 0 Å². The maximum atomic E-state index is 11.1. The van der Waals surface area contributed by atoms with Crippen LogP contribution in [0.2, 0.25) is 0 Å². The number of hydrogen-bond acceptors (Lipinski definition) is 5. The van der Waals surface area contributed by atoms with Crippen LogP contribution in [0.4, 0.5) is 5.82 Å². The zero-order valence-corrected chi connectivity index (χ0v) is 19.9.